The van der Waals surface area contributed by atoms with E-state index in [9.17, 15) is 10.1 Å². The van der Waals surface area contributed by atoms with Gasteiger partial charge in [0, 0.05) is 23.7 Å². The summed E-state index contributed by atoms with van der Waals surface area (Å²) < 4.78 is 13.5. The van der Waals surface area contributed by atoms with E-state index in [0.717, 1.165) is 23.8 Å². The van der Waals surface area contributed by atoms with Crippen LogP contribution in [0.4, 0.5) is 5.69 Å². The maximum Gasteiger partial charge on any atom is 0.269 e. The summed E-state index contributed by atoms with van der Waals surface area (Å²) in [6, 6.07) is 10.1. The fourth-order valence-electron chi connectivity index (χ4n) is 3.90. The SMILES string of the molecule is O=[N+]([O-])c1ccc(-c2nnc(CSc3nnc(-c4ccco4)n3C3CCCCC3)o2)cc1. The second kappa shape index (κ2) is 8.95. The number of nitro benzene ring substituents is 1. The molecular formula is C21H20N6O4S. The molecule has 164 valence electrons. The standard InChI is InChI=1S/C21H20N6O4S/c28-27(29)16-10-8-14(9-11-16)20-24-22-18(31-20)13-32-21-25-23-19(17-7-4-12-30-17)26(21)15-5-2-1-3-6-15/h4,7-12,15H,1-3,5-6,13H2. The van der Waals surface area contributed by atoms with Gasteiger partial charge in [-0.2, -0.15) is 0 Å². The summed E-state index contributed by atoms with van der Waals surface area (Å²) >= 11 is 1.49. The Morgan fingerprint density at radius 2 is 1.88 bits per heavy atom. The zero-order valence-corrected chi connectivity index (χ0v) is 17.9. The molecule has 0 bridgehead atoms. The van der Waals surface area contributed by atoms with Crippen molar-refractivity contribution < 1.29 is 13.8 Å². The van der Waals surface area contributed by atoms with E-state index >= 15 is 0 Å². The molecule has 1 aromatic carbocycles. The van der Waals surface area contributed by atoms with Gasteiger partial charge in [0.25, 0.3) is 5.69 Å². The molecule has 32 heavy (non-hydrogen) atoms. The molecule has 0 saturated heterocycles. The number of aromatic nitrogens is 5. The van der Waals surface area contributed by atoms with Crippen molar-refractivity contribution in [3.8, 4) is 23.0 Å². The van der Waals surface area contributed by atoms with E-state index in [1.807, 2.05) is 12.1 Å². The second-order valence-corrected chi connectivity index (χ2v) is 8.48. The highest BCUT2D eigenvalue weighted by Crippen LogP contribution is 2.36. The Labute approximate surface area is 187 Å². The Bertz CT molecular complexity index is 1200. The summed E-state index contributed by atoms with van der Waals surface area (Å²) in [6.07, 6.45) is 7.44. The van der Waals surface area contributed by atoms with Crippen LogP contribution in [0.3, 0.4) is 0 Å². The zero-order chi connectivity index (χ0) is 21.9. The number of rotatable bonds is 7. The van der Waals surface area contributed by atoms with Gasteiger partial charge in [0.05, 0.1) is 16.9 Å². The van der Waals surface area contributed by atoms with Crippen LogP contribution in [-0.2, 0) is 5.75 Å². The summed E-state index contributed by atoms with van der Waals surface area (Å²) in [7, 11) is 0. The average molecular weight is 452 g/mol. The van der Waals surface area contributed by atoms with Crippen molar-refractivity contribution in [1.29, 1.82) is 0 Å². The quantitative estimate of drug-likeness (QED) is 0.209. The number of hydrogen-bond donors (Lipinski definition) is 0. The van der Waals surface area contributed by atoms with Crippen LogP contribution >= 0.6 is 11.8 Å². The first-order chi connectivity index (χ1) is 15.7. The largest absolute Gasteiger partial charge is 0.461 e. The molecule has 0 amide bonds. The summed E-state index contributed by atoms with van der Waals surface area (Å²) in [5.74, 6) is 2.64. The van der Waals surface area contributed by atoms with Crippen LogP contribution in [0.25, 0.3) is 23.0 Å². The molecule has 0 aliphatic heterocycles. The van der Waals surface area contributed by atoms with Crippen LogP contribution < -0.4 is 0 Å². The lowest BCUT2D eigenvalue weighted by Crippen LogP contribution is -2.15. The molecule has 1 aliphatic carbocycles. The first kappa shape index (κ1) is 20.4. The lowest BCUT2D eigenvalue weighted by molar-refractivity contribution is -0.384. The van der Waals surface area contributed by atoms with Crippen molar-refractivity contribution in [3.63, 3.8) is 0 Å². The third-order valence-electron chi connectivity index (χ3n) is 5.46. The molecule has 3 heterocycles. The molecule has 0 N–H and O–H groups in total. The van der Waals surface area contributed by atoms with Gasteiger partial charge in [-0.1, -0.05) is 31.0 Å². The third kappa shape index (κ3) is 4.15. The van der Waals surface area contributed by atoms with Crippen LogP contribution in [0.1, 0.15) is 44.0 Å². The molecule has 1 fully saturated rings. The average Bonchev–Trinajstić information content (AvgIpc) is 3.59. The summed E-state index contributed by atoms with van der Waals surface area (Å²) in [4.78, 5) is 10.4. The van der Waals surface area contributed by atoms with Crippen molar-refractivity contribution >= 4 is 17.4 Å². The lowest BCUT2D eigenvalue weighted by Gasteiger charge is -2.25. The number of benzene rings is 1. The van der Waals surface area contributed by atoms with Gasteiger partial charge in [-0.3, -0.25) is 14.7 Å². The van der Waals surface area contributed by atoms with E-state index in [-0.39, 0.29) is 5.69 Å². The molecule has 1 saturated carbocycles. The molecule has 0 atom stereocenters. The highest BCUT2D eigenvalue weighted by Gasteiger charge is 2.25. The Morgan fingerprint density at radius 3 is 2.59 bits per heavy atom. The van der Waals surface area contributed by atoms with Crippen LogP contribution in [-0.4, -0.2) is 29.9 Å². The fourth-order valence-corrected chi connectivity index (χ4v) is 4.74. The van der Waals surface area contributed by atoms with Crippen molar-refractivity contribution in [1.82, 2.24) is 25.0 Å². The number of hydrogen-bond acceptors (Lipinski definition) is 9. The number of nitrogens with zero attached hydrogens (tertiary/aromatic N) is 6. The minimum absolute atomic E-state index is 0.0125. The summed E-state index contributed by atoms with van der Waals surface area (Å²) in [5.41, 5.74) is 0.642. The van der Waals surface area contributed by atoms with Gasteiger partial charge >= 0.3 is 0 Å². The van der Waals surface area contributed by atoms with Crippen LogP contribution in [0, 0.1) is 10.1 Å². The predicted octanol–water partition coefficient (Wildman–Crippen LogP) is 5.29. The Balaban J connectivity index is 1.34. The molecule has 11 heteroatoms. The van der Waals surface area contributed by atoms with Crippen molar-refractivity contribution in [3.05, 3.63) is 58.7 Å². The Kier molecular flexibility index (Phi) is 5.71. The van der Waals surface area contributed by atoms with Gasteiger partial charge in [-0.15, -0.1) is 20.4 Å². The summed E-state index contributed by atoms with van der Waals surface area (Å²) in [5, 5.41) is 28.6. The highest BCUT2D eigenvalue weighted by molar-refractivity contribution is 7.98. The monoisotopic (exact) mass is 452 g/mol. The molecular weight excluding hydrogens is 432 g/mol. The first-order valence-electron chi connectivity index (χ1n) is 10.4. The van der Waals surface area contributed by atoms with Gasteiger partial charge in [0.1, 0.15) is 0 Å². The van der Waals surface area contributed by atoms with Crippen LogP contribution in [0.15, 0.2) is 56.7 Å². The number of thioether (sulfide) groups is 1. The minimum Gasteiger partial charge on any atom is -0.461 e. The van der Waals surface area contributed by atoms with Gasteiger partial charge in [0.15, 0.2) is 10.9 Å². The van der Waals surface area contributed by atoms with Gasteiger partial charge in [0.2, 0.25) is 17.6 Å². The number of furan rings is 1. The number of non-ortho nitro benzene ring substituents is 1. The lowest BCUT2D eigenvalue weighted by atomic mass is 9.95. The maximum atomic E-state index is 10.8. The Hall–Kier alpha value is -3.47. The van der Waals surface area contributed by atoms with E-state index in [1.54, 1.807) is 18.4 Å². The van der Waals surface area contributed by atoms with Crippen LogP contribution in [0.2, 0.25) is 0 Å². The fraction of sp³-hybridized carbons (Fsp3) is 0.333. The molecule has 4 aromatic rings. The van der Waals surface area contributed by atoms with E-state index in [1.165, 1.54) is 43.2 Å². The first-order valence-corrected chi connectivity index (χ1v) is 11.4. The van der Waals surface area contributed by atoms with Crippen molar-refractivity contribution in [2.45, 2.75) is 49.1 Å². The molecule has 10 nitrogen and oxygen atoms in total. The van der Waals surface area contributed by atoms with E-state index < -0.39 is 4.92 Å². The molecule has 1 aliphatic rings. The third-order valence-corrected chi connectivity index (χ3v) is 6.39. The molecule has 0 unspecified atom stereocenters. The minimum atomic E-state index is -0.445. The van der Waals surface area contributed by atoms with E-state index in [4.69, 9.17) is 8.83 Å². The topological polar surface area (TPSA) is 126 Å². The Morgan fingerprint density at radius 1 is 1.06 bits per heavy atom. The maximum absolute atomic E-state index is 10.8. The summed E-state index contributed by atoms with van der Waals surface area (Å²) in [6.45, 7) is 0. The smallest absolute Gasteiger partial charge is 0.269 e. The molecule has 5 rings (SSSR count). The van der Waals surface area contributed by atoms with Crippen molar-refractivity contribution in [2.75, 3.05) is 0 Å². The predicted molar refractivity (Wildman–Crippen MR) is 116 cm³/mol. The molecule has 0 radical (unpaired) electrons. The van der Waals surface area contributed by atoms with E-state index in [2.05, 4.69) is 25.0 Å². The zero-order valence-electron chi connectivity index (χ0n) is 17.1. The van der Waals surface area contributed by atoms with Crippen LogP contribution in [0.5, 0.6) is 0 Å². The van der Waals surface area contributed by atoms with E-state index in [0.29, 0.717) is 34.9 Å². The normalized spacial score (nSPS) is 14.6. The second-order valence-electron chi connectivity index (χ2n) is 7.54. The van der Waals surface area contributed by atoms with Gasteiger partial charge in [-0.25, -0.2) is 0 Å². The van der Waals surface area contributed by atoms with Gasteiger partial charge < -0.3 is 8.83 Å². The van der Waals surface area contributed by atoms with Crippen molar-refractivity contribution in [2.24, 2.45) is 0 Å². The molecule has 3 aromatic heterocycles. The van der Waals surface area contributed by atoms with Gasteiger partial charge in [-0.05, 0) is 37.1 Å². The number of nitro groups is 1. The molecule has 0 spiro atoms. The highest BCUT2D eigenvalue weighted by atomic mass is 32.2.